The number of pyridine rings is 1. The summed E-state index contributed by atoms with van der Waals surface area (Å²) in [5.74, 6) is -0.120. The summed E-state index contributed by atoms with van der Waals surface area (Å²) in [4.78, 5) is 18.2. The van der Waals surface area contributed by atoms with E-state index >= 15 is 0 Å². The van der Waals surface area contributed by atoms with E-state index in [0.717, 1.165) is 46.5 Å². The van der Waals surface area contributed by atoms with Crippen molar-refractivity contribution in [3.8, 4) is 11.4 Å². The van der Waals surface area contributed by atoms with Crippen LogP contribution in [0.1, 0.15) is 53.6 Å². The van der Waals surface area contributed by atoms with Gasteiger partial charge >= 0.3 is 0 Å². The van der Waals surface area contributed by atoms with E-state index in [2.05, 4.69) is 36.3 Å². The van der Waals surface area contributed by atoms with Gasteiger partial charge in [0.25, 0.3) is 5.91 Å². The summed E-state index contributed by atoms with van der Waals surface area (Å²) in [6, 6.07) is 11.3. The van der Waals surface area contributed by atoms with Gasteiger partial charge in [-0.3, -0.25) is 14.2 Å². The minimum atomic E-state index is -0.120. The van der Waals surface area contributed by atoms with Crippen molar-refractivity contribution >= 4 is 16.8 Å². The van der Waals surface area contributed by atoms with Crippen LogP contribution in [0.15, 0.2) is 42.6 Å². The predicted molar refractivity (Wildman–Crippen MR) is 122 cm³/mol. The molecule has 1 atom stereocenters. The summed E-state index contributed by atoms with van der Waals surface area (Å²) in [6.45, 7) is 9.03. The number of amides is 1. The van der Waals surface area contributed by atoms with E-state index in [9.17, 15) is 4.79 Å². The van der Waals surface area contributed by atoms with Crippen molar-refractivity contribution < 1.29 is 4.79 Å². The molecule has 160 valence electrons. The summed E-state index contributed by atoms with van der Waals surface area (Å²) < 4.78 is 3.72. The Morgan fingerprint density at radius 2 is 1.87 bits per heavy atom. The normalized spacial score (nSPS) is 12.3. The topological polar surface area (TPSA) is 77.6 Å². The van der Waals surface area contributed by atoms with Gasteiger partial charge in [0.1, 0.15) is 5.69 Å². The lowest BCUT2D eigenvalue weighted by Crippen LogP contribution is -2.29. The molecule has 3 heterocycles. The van der Waals surface area contributed by atoms with E-state index in [0.29, 0.717) is 11.3 Å². The number of nitrogens with one attached hydrogen (secondary N) is 1. The molecule has 0 spiro atoms. The zero-order valence-electron chi connectivity index (χ0n) is 18.7. The Kier molecular flexibility index (Phi) is 5.59. The molecule has 0 aliphatic carbocycles. The number of para-hydroxylation sites is 1. The smallest absolute Gasteiger partial charge is 0.252 e. The van der Waals surface area contributed by atoms with Gasteiger partial charge in [-0.25, -0.2) is 4.98 Å². The Morgan fingerprint density at radius 1 is 1.10 bits per heavy atom. The fraction of sp³-hybridized carbons (Fsp3) is 0.333. The van der Waals surface area contributed by atoms with E-state index in [1.54, 1.807) is 4.68 Å². The molecule has 0 saturated carbocycles. The predicted octanol–water partition coefficient (Wildman–Crippen LogP) is 4.35. The van der Waals surface area contributed by atoms with E-state index in [1.807, 2.05) is 61.2 Å². The largest absolute Gasteiger partial charge is 0.345 e. The van der Waals surface area contributed by atoms with Crippen LogP contribution in [0.3, 0.4) is 0 Å². The van der Waals surface area contributed by atoms with Crippen LogP contribution < -0.4 is 5.32 Å². The van der Waals surface area contributed by atoms with Gasteiger partial charge in [0.15, 0.2) is 0 Å². The Labute approximate surface area is 182 Å². The molecule has 7 nitrogen and oxygen atoms in total. The monoisotopic (exact) mass is 416 g/mol. The maximum Gasteiger partial charge on any atom is 0.252 e. The zero-order chi connectivity index (χ0) is 22.1. The number of aromatic nitrogens is 5. The van der Waals surface area contributed by atoms with Crippen LogP contribution in [-0.2, 0) is 13.6 Å². The van der Waals surface area contributed by atoms with Gasteiger partial charge in [0.05, 0.1) is 28.5 Å². The van der Waals surface area contributed by atoms with Gasteiger partial charge in [-0.15, -0.1) is 0 Å². The Morgan fingerprint density at radius 3 is 2.52 bits per heavy atom. The standard InChI is InChI=1S/C24H28N6O/c1-6-19(23-15(3)27-30(7-2)16(23)4)26-24(31)18-14-22(21-12-13-29(5)28-21)25-20-11-9-8-10-17(18)20/h8-14,19H,6-7H2,1-5H3,(H,26,31). The SMILES string of the molecule is CCC(NC(=O)c1cc(-c2ccn(C)n2)nc2ccccc12)c1c(C)nn(CC)c1C. The summed E-state index contributed by atoms with van der Waals surface area (Å²) in [5, 5.41) is 13.2. The number of rotatable bonds is 6. The number of carbonyl (C=O) groups is 1. The van der Waals surface area contributed by atoms with E-state index < -0.39 is 0 Å². The quantitative estimate of drug-likeness (QED) is 0.507. The molecule has 0 saturated heterocycles. The third kappa shape index (κ3) is 3.83. The number of hydrogen-bond donors (Lipinski definition) is 1. The molecular formula is C24H28N6O. The number of hydrogen-bond acceptors (Lipinski definition) is 4. The Bertz CT molecular complexity index is 1250. The minimum Gasteiger partial charge on any atom is -0.345 e. The maximum absolute atomic E-state index is 13.5. The van der Waals surface area contributed by atoms with Gasteiger partial charge in [-0.1, -0.05) is 25.1 Å². The number of aryl methyl sites for hydroxylation is 3. The molecule has 0 aliphatic rings. The molecule has 1 unspecified atom stereocenters. The van der Waals surface area contributed by atoms with E-state index in [4.69, 9.17) is 4.98 Å². The fourth-order valence-corrected chi connectivity index (χ4v) is 4.18. The number of benzene rings is 1. The number of nitrogens with zero attached hydrogens (tertiary/aromatic N) is 5. The fourth-order valence-electron chi connectivity index (χ4n) is 4.18. The molecule has 7 heteroatoms. The van der Waals surface area contributed by atoms with Gasteiger partial charge in [0, 0.05) is 36.4 Å². The highest BCUT2D eigenvalue weighted by Gasteiger charge is 2.23. The van der Waals surface area contributed by atoms with Gasteiger partial charge in [0.2, 0.25) is 0 Å². The molecule has 3 aromatic heterocycles. The third-order valence-corrected chi connectivity index (χ3v) is 5.74. The summed E-state index contributed by atoms with van der Waals surface area (Å²) in [7, 11) is 1.87. The van der Waals surface area contributed by atoms with Crippen molar-refractivity contribution in [1.29, 1.82) is 0 Å². The lowest BCUT2D eigenvalue weighted by molar-refractivity contribution is 0.0937. The van der Waals surface area contributed by atoms with Crippen LogP contribution in [0.4, 0.5) is 0 Å². The molecule has 0 aliphatic heterocycles. The van der Waals surface area contributed by atoms with Crippen molar-refractivity contribution in [3.05, 3.63) is 65.1 Å². The van der Waals surface area contributed by atoms with Crippen LogP contribution in [-0.4, -0.2) is 30.5 Å². The first kappa shape index (κ1) is 20.8. The Hall–Kier alpha value is -3.48. The molecule has 4 rings (SSSR count). The van der Waals surface area contributed by atoms with Gasteiger partial charge < -0.3 is 5.32 Å². The molecule has 0 bridgehead atoms. The first-order chi connectivity index (χ1) is 14.9. The second kappa shape index (κ2) is 8.34. The zero-order valence-corrected chi connectivity index (χ0v) is 18.7. The highest BCUT2D eigenvalue weighted by molar-refractivity contribution is 6.07. The van der Waals surface area contributed by atoms with Crippen LogP contribution in [0.2, 0.25) is 0 Å². The third-order valence-electron chi connectivity index (χ3n) is 5.74. The molecule has 1 N–H and O–H groups in total. The van der Waals surface area contributed by atoms with E-state index in [-0.39, 0.29) is 11.9 Å². The second-order valence-electron chi connectivity index (χ2n) is 7.78. The van der Waals surface area contributed by atoms with Crippen LogP contribution in [0.5, 0.6) is 0 Å². The van der Waals surface area contributed by atoms with Gasteiger partial charge in [-0.2, -0.15) is 10.2 Å². The van der Waals surface area contributed by atoms with Crippen molar-refractivity contribution in [2.45, 2.75) is 46.7 Å². The maximum atomic E-state index is 13.5. The number of fused-ring (bicyclic) bond motifs is 1. The average Bonchev–Trinajstić information content (AvgIpc) is 3.33. The summed E-state index contributed by atoms with van der Waals surface area (Å²) in [5.41, 5.74) is 5.95. The van der Waals surface area contributed by atoms with Crippen LogP contribution in [0.25, 0.3) is 22.3 Å². The highest BCUT2D eigenvalue weighted by atomic mass is 16.1. The minimum absolute atomic E-state index is 0.113. The van der Waals surface area contributed by atoms with Crippen LogP contribution >= 0.6 is 0 Å². The molecule has 1 amide bonds. The average molecular weight is 417 g/mol. The number of carbonyl (C=O) groups excluding carboxylic acids is 1. The van der Waals surface area contributed by atoms with E-state index in [1.165, 1.54) is 0 Å². The van der Waals surface area contributed by atoms with Crippen molar-refractivity contribution in [3.63, 3.8) is 0 Å². The van der Waals surface area contributed by atoms with Crippen molar-refractivity contribution in [2.24, 2.45) is 7.05 Å². The first-order valence-electron chi connectivity index (χ1n) is 10.7. The highest BCUT2D eigenvalue weighted by Crippen LogP contribution is 2.27. The molecule has 0 radical (unpaired) electrons. The van der Waals surface area contributed by atoms with Crippen molar-refractivity contribution in [2.75, 3.05) is 0 Å². The second-order valence-corrected chi connectivity index (χ2v) is 7.78. The molecule has 0 fully saturated rings. The molecule has 1 aromatic carbocycles. The molecule has 31 heavy (non-hydrogen) atoms. The van der Waals surface area contributed by atoms with Crippen molar-refractivity contribution in [1.82, 2.24) is 29.9 Å². The first-order valence-corrected chi connectivity index (χ1v) is 10.7. The van der Waals surface area contributed by atoms with Crippen LogP contribution in [0, 0.1) is 13.8 Å². The lowest BCUT2D eigenvalue weighted by atomic mass is 10.0. The summed E-state index contributed by atoms with van der Waals surface area (Å²) >= 11 is 0. The van der Waals surface area contributed by atoms with Gasteiger partial charge in [-0.05, 0) is 45.4 Å². The lowest BCUT2D eigenvalue weighted by Gasteiger charge is -2.19. The Balaban J connectivity index is 1.75. The molecular weight excluding hydrogens is 388 g/mol. The summed E-state index contributed by atoms with van der Waals surface area (Å²) in [6.07, 6.45) is 2.65. The molecule has 4 aromatic rings.